The second-order valence-corrected chi connectivity index (χ2v) is 4.51. The molecule has 92 valence electrons. The van der Waals surface area contributed by atoms with Crippen molar-refractivity contribution in [2.24, 2.45) is 5.73 Å². The lowest BCUT2D eigenvalue weighted by Gasteiger charge is -2.17. The van der Waals surface area contributed by atoms with Crippen molar-refractivity contribution >= 4 is 11.7 Å². The highest BCUT2D eigenvalue weighted by Crippen LogP contribution is 2.20. The molecular formula is C13H19N3O. The number of anilines is 1. The number of carbonyl (C=O) groups excluding carboxylic acids is 1. The summed E-state index contributed by atoms with van der Waals surface area (Å²) < 4.78 is 0. The first-order valence-electron chi connectivity index (χ1n) is 6.26. The Morgan fingerprint density at radius 2 is 2.29 bits per heavy atom. The zero-order valence-electron chi connectivity index (χ0n) is 10.0. The Bertz CT molecular complexity index is 404. The Kier molecular flexibility index (Phi) is 3.96. The fourth-order valence-electron chi connectivity index (χ4n) is 2.11. The summed E-state index contributed by atoms with van der Waals surface area (Å²) in [5, 5.41) is 3.33. The van der Waals surface area contributed by atoms with Crippen LogP contribution in [0.2, 0.25) is 0 Å². The van der Waals surface area contributed by atoms with Crippen LogP contribution < -0.4 is 11.1 Å². The third-order valence-electron chi connectivity index (χ3n) is 3.06. The van der Waals surface area contributed by atoms with Gasteiger partial charge in [-0.2, -0.15) is 0 Å². The first-order chi connectivity index (χ1) is 8.25. The molecule has 1 aliphatic heterocycles. The van der Waals surface area contributed by atoms with E-state index in [0.29, 0.717) is 6.42 Å². The molecule has 0 saturated carbocycles. The molecule has 0 saturated heterocycles. The molecule has 0 aliphatic carbocycles. The average molecular weight is 233 g/mol. The van der Waals surface area contributed by atoms with E-state index in [9.17, 15) is 4.79 Å². The number of nitrogens with two attached hydrogens (primary N) is 1. The van der Waals surface area contributed by atoms with Gasteiger partial charge in [-0.1, -0.05) is 6.07 Å². The summed E-state index contributed by atoms with van der Waals surface area (Å²) in [6.45, 7) is 1.02. The normalized spacial score (nSPS) is 13.9. The zero-order valence-corrected chi connectivity index (χ0v) is 10.0. The molecule has 3 N–H and O–H groups in total. The number of nitrogens with zero attached hydrogens (tertiary/aromatic N) is 1. The molecule has 0 aromatic carbocycles. The Hall–Kier alpha value is -1.58. The molecule has 0 bridgehead atoms. The number of hydrogen-bond acceptors (Lipinski definition) is 3. The van der Waals surface area contributed by atoms with E-state index in [2.05, 4.69) is 22.4 Å². The third-order valence-corrected chi connectivity index (χ3v) is 3.06. The summed E-state index contributed by atoms with van der Waals surface area (Å²) in [5.41, 5.74) is 7.51. The number of carbonyl (C=O) groups is 1. The first kappa shape index (κ1) is 11.9. The van der Waals surface area contributed by atoms with Gasteiger partial charge >= 0.3 is 0 Å². The quantitative estimate of drug-likeness (QED) is 0.760. The molecule has 1 aromatic rings. The summed E-state index contributed by atoms with van der Waals surface area (Å²) in [6, 6.07) is 4.26. The number of aryl methyl sites for hydroxylation is 2. The van der Waals surface area contributed by atoms with Crippen LogP contribution in [-0.4, -0.2) is 17.4 Å². The minimum atomic E-state index is -0.218. The van der Waals surface area contributed by atoms with E-state index >= 15 is 0 Å². The van der Waals surface area contributed by atoms with Gasteiger partial charge in [0.25, 0.3) is 0 Å². The van der Waals surface area contributed by atoms with E-state index in [1.165, 1.54) is 12.0 Å². The standard InChI is InChI=1S/C13H19N3O/c14-12(17)6-2-1-5-11-8-7-10-4-3-9-15-13(10)16-11/h7-8H,1-6,9H2,(H2,14,17)(H,15,16). The summed E-state index contributed by atoms with van der Waals surface area (Å²) >= 11 is 0. The van der Waals surface area contributed by atoms with Crippen LogP contribution in [0.4, 0.5) is 5.82 Å². The molecule has 0 radical (unpaired) electrons. The minimum absolute atomic E-state index is 0.218. The van der Waals surface area contributed by atoms with Gasteiger partial charge in [0.05, 0.1) is 0 Å². The maximum absolute atomic E-state index is 10.6. The summed E-state index contributed by atoms with van der Waals surface area (Å²) in [6.07, 6.45) is 5.52. The number of nitrogens with one attached hydrogen (secondary N) is 1. The van der Waals surface area contributed by atoms with E-state index in [-0.39, 0.29) is 5.91 Å². The Labute approximate surface area is 102 Å². The summed E-state index contributed by atoms with van der Waals surface area (Å²) in [4.78, 5) is 15.2. The molecule has 0 spiro atoms. The smallest absolute Gasteiger partial charge is 0.217 e. The SMILES string of the molecule is NC(=O)CCCCc1ccc2c(n1)NCCC2. The Morgan fingerprint density at radius 3 is 3.12 bits per heavy atom. The Balaban J connectivity index is 1.86. The van der Waals surface area contributed by atoms with Crippen molar-refractivity contribution in [2.45, 2.75) is 38.5 Å². The number of hydrogen-bond donors (Lipinski definition) is 2. The fraction of sp³-hybridized carbons (Fsp3) is 0.538. The van der Waals surface area contributed by atoms with Gasteiger partial charge in [0.2, 0.25) is 5.91 Å². The number of pyridine rings is 1. The van der Waals surface area contributed by atoms with Crippen molar-refractivity contribution in [3.63, 3.8) is 0 Å². The monoisotopic (exact) mass is 233 g/mol. The topological polar surface area (TPSA) is 68.0 Å². The van der Waals surface area contributed by atoms with Gasteiger partial charge in [-0.05, 0) is 43.7 Å². The van der Waals surface area contributed by atoms with Gasteiger partial charge in [0.15, 0.2) is 0 Å². The molecule has 1 aliphatic rings. The second-order valence-electron chi connectivity index (χ2n) is 4.51. The molecule has 0 fully saturated rings. The summed E-state index contributed by atoms with van der Waals surface area (Å²) in [5.74, 6) is 0.828. The van der Waals surface area contributed by atoms with Crippen LogP contribution >= 0.6 is 0 Å². The van der Waals surface area contributed by atoms with Crippen molar-refractivity contribution in [1.29, 1.82) is 0 Å². The zero-order chi connectivity index (χ0) is 12.1. The number of aromatic nitrogens is 1. The van der Waals surface area contributed by atoms with Crippen LogP contribution in [0.5, 0.6) is 0 Å². The molecular weight excluding hydrogens is 214 g/mol. The van der Waals surface area contributed by atoms with Crippen molar-refractivity contribution in [3.8, 4) is 0 Å². The van der Waals surface area contributed by atoms with E-state index in [4.69, 9.17) is 5.73 Å². The minimum Gasteiger partial charge on any atom is -0.370 e. The van der Waals surface area contributed by atoms with Crippen molar-refractivity contribution in [3.05, 3.63) is 23.4 Å². The maximum atomic E-state index is 10.6. The Morgan fingerprint density at radius 1 is 1.41 bits per heavy atom. The van der Waals surface area contributed by atoms with Crippen LogP contribution in [0.15, 0.2) is 12.1 Å². The first-order valence-corrected chi connectivity index (χ1v) is 6.26. The molecule has 1 aromatic heterocycles. The second kappa shape index (κ2) is 5.66. The highest BCUT2D eigenvalue weighted by Gasteiger charge is 2.09. The van der Waals surface area contributed by atoms with Crippen molar-refractivity contribution in [2.75, 3.05) is 11.9 Å². The average Bonchev–Trinajstić information content (AvgIpc) is 2.34. The number of fused-ring (bicyclic) bond motifs is 1. The number of primary amides is 1. The summed E-state index contributed by atoms with van der Waals surface area (Å²) in [7, 11) is 0. The van der Waals surface area contributed by atoms with Gasteiger partial charge < -0.3 is 11.1 Å². The molecule has 1 amide bonds. The molecule has 4 nitrogen and oxygen atoms in total. The van der Waals surface area contributed by atoms with E-state index < -0.39 is 0 Å². The van der Waals surface area contributed by atoms with Gasteiger partial charge in [-0.25, -0.2) is 4.98 Å². The van der Waals surface area contributed by atoms with Crippen molar-refractivity contribution in [1.82, 2.24) is 4.98 Å². The van der Waals surface area contributed by atoms with Crippen molar-refractivity contribution < 1.29 is 4.79 Å². The van der Waals surface area contributed by atoms with Gasteiger partial charge in [0, 0.05) is 18.7 Å². The number of rotatable bonds is 5. The van der Waals surface area contributed by atoms with Crippen LogP contribution in [0.25, 0.3) is 0 Å². The van der Waals surface area contributed by atoms with Gasteiger partial charge in [-0.3, -0.25) is 4.79 Å². The highest BCUT2D eigenvalue weighted by atomic mass is 16.1. The van der Waals surface area contributed by atoms with Crippen LogP contribution in [0, 0.1) is 0 Å². The maximum Gasteiger partial charge on any atom is 0.217 e. The third kappa shape index (κ3) is 3.44. The molecule has 0 atom stereocenters. The number of unbranched alkanes of at least 4 members (excludes halogenated alkanes) is 1. The fourth-order valence-corrected chi connectivity index (χ4v) is 2.11. The van der Waals surface area contributed by atoms with Crippen LogP contribution in [0.3, 0.4) is 0 Å². The van der Waals surface area contributed by atoms with E-state index in [0.717, 1.165) is 43.7 Å². The van der Waals surface area contributed by atoms with E-state index in [1.54, 1.807) is 0 Å². The van der Waals surface area contributed by atoms with E-state index in [1.807, 2.05) is 0 Å². The highest BCUT2D eigenvalue weighted by molar-refractivity contribution is 5.73. The molecule has 0 unspecified atom stereocenters. The molecule has 2 heterocycles. The largest absolute Gasteiger partial charge is 0.370 e. The van der Waals surface area contributed by atoms with Crippen LogP contribution in [-0.2, 0) is 17.6 Å². The molecule has 2 rings (SSSR count). The molecule has 4 heteroatoms. The molecule has 17 heavy (non-hydrogen) atoms. The van der Waals surface area contributed by atoms with Gasteiger partial charge in [0.1, 0.15) is 5.82 Å². The van der Waals surface area contributed by atoms with Gasteiger partial charge in [-0.15, -0.1) is 0 Å². The lowest BCUT2D eigenvalue weighted by molar-refractivity contribution is -0.118. The number of amides is 1. The predicted octanol–water partition coefficient (Wildman–Crippen LogP) is 1.64. The predicted molar refractivity (Wildman–Crippen MR) is 67.8 cm³/mol. The lowest BCUT2D eigenvalue weighted by atomic mass is 10.1. The van der Waals surface area contributed by atoms with Crippen LogP contribution in [0.1, 0.15) is 36.9 Å². The lowest BCUT2D eigenvalue weighted by Crippen LogP contribution is -2.14.